The molecule has 4 rings (SSSR count). The molecule has 0 N–H and O–H groups in total. The molecule has 0 aliphatic carbocycles. The second-order valence-electron chi connectivity index (χ2n) is 6.62. The van der Waals surface area contributed by atoms with E-state index in [4.69, 9.17) is 12.6 Å². The van der Waals surface area contributed by atoms with E-state index in [9.17, 15) is 4.79 Å². The van der Waals surface area contributed by atoms with Crippen LogP contribution in [-0.2, 0) is 4.79 Å². The van der Waals surface area contributed by atoms with Crippen molar-refractivity contribution in [1.29, 1.82) is 0 Å². The van der Waals surface area contributed by atoms with Crippen molar-refractivity contribution in [3.8, 4) is 0 Å². The molecule has 3 fully saturated rings. The molecular formula is C15H22BrN2O4-. The Balaban J connectivity index is 0.000000325. The van der Waals surface area contributed by atoms with E-state index in [2.05, 4.69) is 15.9 Å². The number of carbonyl (C=O) groups excluding carboxylic acids is 1. The van der Waals surface area contributed by atoms with Gasteiger partial charge in [0.2, 0.25) is 20.7 Å². The van der Waals surface area contributed by atoms with Crippen molar-refractivity contribution in [2.24, 2.45) is 11.8 Å². The lowest BCUT2D eigenvalue weighted by Crippen LogP contribution is -2.65. The summed E-state index contributed by atoms with van der Waals surface area (Å²) in [5.41, 5.74) is 0. The zero-order chi connectivity index (χ0) is 15.7. The van der Waals surface area contributed by atoms with Gasteiger partial charge in [0.1, 0.15) is 0 Å². The third-order valence-electron chi connectivity index (χ3n) is 5.59. The Kier molecular flexibility index (Phi) is 5.19. The first-order valence-corrected chi connectivity index (χ1v) is 9.96. The van der Waals surface area contributed by atoms with Gasteiger partial charge in [-0.15, -0.1) is 0 Å². The molecule has 0 bridgehead atoms. The summed E-state index contributed by atoms with van der Waals surface area (Å²) in [5, 5.41) is 0. The van der Waals surface area contributed by atoms with Crippen molar-refractivity contribution in [3.05, 3.63) is 12.2 Å². The molecule has 3 saturated heterocycles. The van der Waals surface area contributed by atoms with Crippen LogP contribution < -0.4 is 12.6 Å². The first-order valence-electron chi connectivity index (χ1n) is 8.02. The Morgan fingerprint density at radius 1 is 1.14 bits per heavy atom. The number of halogens is 1. The highest BCUT2D eigenvalue weighted by Gasteiger charge is 2.49. The minimum absolute atomic E-state index is 0.271. The van der Waals surface area contributed by atoms with Crippen molar-refractivity contribution in [1.82, 2.24) is 9.80 Å². The molecule has 1 amide bonds. The number of piperidine rings is 3. The molecule has 4 atom stereocenters. The normalized spacial score (nSPS) is 37.3. The molecule has 0 radical (unpaired) electrons. The molecule has 0 spiro atoms. The topological polar surface area (TPSA) is 92.7 Å². The van der Waals surface area contributed by atoms with Gasteiger partial charge >= 0.3 is 0 Å². The van der Waals surface area contributed by atoms with Crippen molar-refractivity contribution in [2.75, 3.05) is 19.6 Å². The third kappa shape index (κ3) is 3.23. The first kappa shape index (κ1) is 16.4. The van der Waals surface area contributed by atoms with E-state index in [-0.39, 0.29) is 5.91 Å². The minimum atomic E-state index is -3.65. The van der Waals surface area contributed by atoms with Crippen LogP contribution in [0.15, 0.2) is 12.2 Å². The smallest absolute Gasteiger partial charge is 0.246 e. The average molecular weight is 374 g/mol. The van der Waals surface area contributed by atoms with E-state index in [1.165, 1.54) is 38.8 Å². The molecule has 0 aromatic rings. The van der Waals surface area contributed by atoms with Gasteiger partial charge in [-0.2, -0.15) is 0 Å². The van der Waals surface area contributed by atoms with Crippen molar-refractivity contribution in [3.63, 3.8) is 0 Å². The van der Waals surface area contributed by atoms with Gasteiger partial charge in [-0.1, -0.05) is 6.08 Å². The number of fused-ring (bicyclic) bond motifs is 2. The molecule has 22 heavy (non-hydrogen) atoms. The zero-order valence-corrected chi connectivity index (χ0v) is 14.1. The van der Waals surface area contributed by atoms with Crippen LogP contribution in [-0.4, -0.2) is 47.4 Å². The van der Waals surface area contributed by atoms with Crippen LogP contribution in [0.25, 0.3) is 0 Å². The largest absolute Gasteiger partial charge is 0.405 e. The van der Waals surface area contributed by atoms with Gasteiger partial charge in [-0.05, 0) is 63.1 Å². The van der Waals surface area contributed by atoms with E-state index in [1.807, 2.05) is 0 Å². The lowest BCUT2D eigenvalue weighted by molar-refractivity contribution is -1.73. The highest BCUT2D eigenvalue weighted by atomic mass is 80.0. The Morgan fingerprint density at radius 2 is 1.82 bits per heavy atom. The monoisotopic (exact) mass is 373 g/mol. The molecule has 7 heteroatoms. The van der Waals surface area contributed by atoms with Crippen molar-refractivity contribution < 1.29 is 32.2 Å². The third-order valence-corrected chi connectivity index (χ3v) is 5.59. The fraction of sp³-hybridized carbons (Fsp3) is 0.800. The Hall–Kier alpha value is -0.470. The lowest BCUT2D eigenvalue weighted by Gasteiger charge is -2.57. The highest BCUT2D eigenvalue weighted by molar-refractivity contribution is 5.88. The molecular weight excluding hydrogens is 352 g/mol. The molecule has 124 valence electrons. The van der Waals surface area contributed by atoms with Crippen LogP contribution in [0, 0.1) is 26.6 Å². The van der Waals surface area contributed by atoms with Gasteiger partial charge in [-0.25, -0.2) is 0 Å². The number of hydrogen-bond donors (Lipinski definition) is 0. The highest BCUT2D eigenvalue weighted by Crippen LogP contribution is 2.43. The van der Waals surface area contributed by atoms with Crippen molar-refractivity contribution >= 4 is 5.91 Å². The number of amides is 1. The number of nitrogens with zero attached hydrogens (tertiary/aromatic N) is 2. The summed E-state index contributed by atoms with van der Waals surface area (Å²) in [6.07, 6.45) is 10.3. The van der Waals surface area contributed by atoms with Crippen molar-refractivity contribution in [2.45, 2.75) is 44.2 Å². The number of carbonyl (C=O) groups is 1. The molecule has 0 aromatic carbocycles. The van der Waals surface area contributed by atoms with E-state index < -0.39 is 14.8 Å². The van der Waals surface area contributed by atoms with Gasteiger partial charge in [-0.3, -0.25) is 9.69 Å². The second kappa shape index (κ2) is 6.97. The van der Waals surface area contributed by atoms with Gasteiger partial charge in [0, 0.05) is 18.6 Å². The Bertz CT molecular complexity index is 441. The maximum Gasteiger partial charge on any atom is 0.246 e. The van der Waals surface area contributed by atoms with Crippen LogP contribution >= 0.6 is 0 Å². The maximum absolute atomic E-state index is 12.1. The van der Waals surface area contributed by atoms with Crippen LogP contribution in [0.4, 0.5) is 0 Å². The lowest BCUT2D eigenvalue weighted by atomic mass is 9.68. The summed E-state index contributed by atoms with van der Waals surface area (Å²) < 4.78 is 25.6. The van der Waals surface area contributed by atoms with Crippen LogP contribution in [0.2, 0.25) is 0 Å². The van der Waals surface area contributed by atoms with Gasteiger partial charge in [0.15, 0.2) is 0 Å². The summed E-state index contributed by atoms with van der Waals surface area (Å²) in [4.78, 5) is 17.0. The molecule has 6 nitrogen and oxygen atoms in total. The summed E-state index contributed by atoms with van der Waals surface area (Å²) in [6, 6.07) is 1.29. The quantitative estimate of drug-likeness (QED) is 0.493. The van der Waals surface area contributed by atoms with Gasteiger partial charge in [0.05, 0.1) is 0 Å². The number of hydrogen-bond acceptors (Lipinski definition) is 5. The number of rotatable bonds is 0. The fourth-order valence-electron chi connectivity index (χ4n) is 4.95. The Morgan fingerprint density at radius 3 is 2.55 bits per heavy atom. The standard InChI is InChI=1S/C15H22N2O.BrO3/c18-14-7-1-6-13-12-5-3-9-16-8-2-4-11(15(12)16)10-17(13)14;2-1(3)4/h1,7,11-13,15H,2-6,8-10H2;/q;-1. The SMILES string of the molecule is O=C1C=CCC2C3CCCN4CCCC(CN12)C34.[O-][Br+2]([O-])[O-]. The van der Waals surface area contributed by atoms with Gasteiger partial charge in [0.25, 0.3) is 0 Å². The molecule has 0 saturated carbocycles. The van der Waals surface area contributed by atoms with E-state index in [0.717, 1.165) is 30.8 Å². The molecule has 4 unspecified atom stereocenters. The Labute approximate surface area is 136 Å². The van der Waals surface area contributed by atoms with Crippen LogP contribution in [0.5, 0.6) is 0 Å². The van der Waals surface area contributed by atoms with Crippen LogP contribution in [0.1, 0.15) is 32.1 Å². The first-order chi connectivity index (χ1) is 10.6. The fourth-order valence-corrected chi connectivity index (χ4v) is 4.95. The zero-order valence-electron chi connectivity index (χ0n) is 12.5. The van der Waals surface area contributed by atoms with E-state index in [1.54, 1.807) is 6.08 Å². The molecule has 4 aliphatic rings. The summed E-state index contributed by atoms with van der Waals surface area (Å²) in [6.45, 7) is 3.62. The summed E-state index contributed by atoms with van der Waals surface area (Å²) in [7, 11) is 0. The van der Waals surface area contributed by atoms with E-state index in [0.29, 0.717) is 6.04 Å². The molecule has 4 heterocycles. The summed E-state index contributed by atoms with van der Waals surface area (Å²) in [5.74, 6) is 1.76. The minimum Gasteiger partial charge on any atom is -0.405 e. The average Bonchev–Trinajstić information content (AvgIpc) is 2.48. The predicted molar refractivity (Wildman–Crippen MR) is 70.1 cm³/mol. The predicted octanol–water partition coefficient (Wildman–Crippen LogP) is -1.92. The maximum atomic E-state index is 12.1. The second-order valence-corrected chi connectivity index (χ2v) is 7.41. The van der Waals surface area contributed by atoms with Crippen LogP contribution in [0.3, 0.4) is 0 Å². The van der Waals surface area contributed by atoms with E-state index >= 15 is 0 Å². The summed E-state index contributed by atoms with van der Waals surface area (Å²) >= 11 is -3.65. The van der Waals surface area contributed by atoms with Gasteiger partial charge < -0.3 is 17.5 Å². The molecule has 0 aromatic heterocycles. The molecule has 4 aliphatic heterocycles.